The van der Waals surface area contributed by atoms with Gasteiger partial charge in [-0.25, -0.2) is 9.79 Å². The molecule has 0 amide bonds. The number of ether oxygens (including phenoxy) is 4. The third kappa shape index (κ3) is 5.71. The predicted octanol–water partition coefficient (Wildman–Crippen LogP) is 4.24. The van der Waals surface area contributed by atoms with Crippen molar-refractivity contribution >= 4 is 39.3 Å². The van der Waals surface area contributed by atoms with Gasteiger partial charge in [0.15, 0.2) is 27.8 Å². The molecule has 0 bridgehead atoms. The molecule has 40 heavy (non-hydrogen) atoms. The highest BCUT2D eigenvalue weighted by Gasteiger charge is 2.34. The van der Waals surface area contributed by atoms with Crippen molar-refractivity contribution in [2.75, 3.05) is 26.9 Å². The summed E-state index contributed by atoms with van der Waals surface area (Å²) >= 11 is 4.56. The number of benzene rings is 2. The molecule has 0 radical (unpaired) electrons. The van der Waals surface area contributed by atoms with E-state index in [1.807, 2.05) is 6.92 Å². The molecule has 0 aliphatic carbocycles. The van der Waals surface area contributed by atoms with Gasteiger partial charge in [-0.3, -0.25) is 9.36 Å². The molecule has 0 saturated heterocycles. The number of aromatic nitrogens is 1. The highest BCUT2D eigenvalue weighted by molar-refractivity contribution is 9.10. The Kier molecular flexibility index (Phi) is 9.16. The van der Waals surface area contributed by atoms with Crippen LogP contribution in [0.2, 0.25) is 0 Å². The van der Waals surface area contributed by atoms with Crippen LogP contribution in [0.3, 0.4) is 0 Å². The number of aromatic hydroxyl groups is 1. The van der Waals surface area contributed by atoms with Crippen molar-refractivity contribution in [2.45, 2.75) is 26.8 Å². The van der Waals surface area contributed by atoms with Crippen LogP contribution >= 0.6 is 27.3 Å². The van der Waals surface area contributed by atoms with Gasteiger partial charge in [-0.05, 0) is 56.7 Å². The zero-order chi connectivity index (χ0) is 29.0. The molecule has 0 unspecified atom stereocenters. The molecule has 0 spiro atoms. The number of phenols is 1. The highest BCUT2D eigenvalue weighted by Crippen LogP contribution is 2.37. The second kappa shape index (κ2) is 12.6. The van der Waals surface area contributed by atoms with Crippen molar-refractivity contribution in [3.63, 3.8) is 0 Å². The number of hydrogen-bond acceptors (Lipinski definition) is 9. The lowest BCUT2D eigenvalue weighted by molar-refractivity contribution is -0.139. The van der Waals surface area contributed by atoms with E-state index in [0.717, 1.165) is 11.3 Å². The van der Waals surface area contributed by atoms with Gasteiger partial charge in [0.25, 0.3) is 5.56 Å². The summed E-state index contributed by atoms with van der Waals surface area (Å²) in [4.78, 5) is 32.1. The van der Waals surface area contributed by atoms with Crippen molar-refractivity contribution < 1.29 is 28.8 Å². The van der Waals surface area contributed by atoms with Crippen LogP contribution in [0, 0.1) is 0 Å². The summed E-state index contributed by atoms with van der Waals surface area (Å²) in [7, 11) is 1.45. The minimum atomic E-state index is -0.837. The number of esters is 1. The van der Waals surface area contributed by atoms with Gasteiger partial charge in [-0.1, -0.05) is 46.0 Å². The van der Waals surface area contributed by atoms with Gasteiger partial charge in [0.1, 0.15) is 6.61 Å². The number of hydrogen-bond donors (Lipinski definition) is 1. The Morgan fingerprint density at radius 2 is 1.95 bits per heavy atom. The smallest absolute Gasteiger partial charge is 0.338 e. The maximum Gasteiger partial charge on any atom is 0.338 e. The minimum Gasteiger partial charge on any atom is -0.504 e. The second-order valence-corrected chi connectivity index (χ2v) is 10.5. The van der Waals surface area contributed by atoms with Gasteiger partial charge in [0, 0.05) is 10.0 Å². The third-order valence-electron chi connectivity index (χ3n) is 6.03. The van der Waals surface area contributed by atoms with Gasteiger partial charge < -0.3 is 24.1 Å². The Morgan fingerprint density at radius 3 is 2.62 bits per heavy atom. The molecule has 1 N–H and O–H groups in total. The highest BCUT2D eigenvalue weighted by atomic mass is 79.9. The normalized spacial score (nSPS) is 14.8. The molecular weight excluding hydrogens is 600 g/mol. The van der Waals surface area contributed by atoms with Gasteiger partial charge in [-0.2, -0.15) is 0 Å². The van der Waals surface area contributed by atoms with Gasteiger partial charge in [0.2, 0.25) is 0 Å². The van der Waals surface area contributed by atoms with Crippen LogP contribution in [-0.4, -0.2) is 42.6 Å². The van der Waals surface area contributed by atoms with Crippen LogP contribution < -0.4 is 29.1 Å². The molecule has 1 atom stereocenters. The number of allylic oxidation sites excluding steroid dienone is 1. The first-order valence-corrected chi connectivity index (χ1v) is 14.1. The largest absolute Gasteiger partial charge is 0.504 e. The topological polar surface area (TPSA) is 109 Å². The van der Waals surface area contributed by atoms with E-state index in [1.165, 1.54) is 11.7 Å². The molecule has 1 aliphatic rings. The Morgan fingerprint density at radius 1 is 1.18 bits per heavy atom. The number of methoxy groups -OCH3 is 1. The lowest BCUT2D eigenvalue weighted by Gasteiger charge is -2.25. The SMILES string of the molecule is C=CCOc1ccc([C@@H]2C(C(=O)OCC)=C(C)N=c3s/c(=C/c4cc(Br)cc(OC)c4O)c(=O)n32)cc1OCC. The first kappa shape index (κ1) is 29.2. The van der Waals surface area contributed by atoms with Gasteiger partial charge in [-0.15, -0.1) is 0 Å². The number of thiazole rings is 1. The van der Waals surface area contributed by atoms with Crippen LogP contribution in [0.25, 0.3) is 6.08 Å². The van der Waals surface area contributed by atoms with Crippen LogP contribution in [0.5, 0.6) is 23.0 Å². The van der Waals surface area contributed by atoms with E-state index in [1.54, 1.807) is 56.3 Å². The van der Waals surface area contributed by atoms with E-state index in [9.17, 15) is 14.7 Å². The molecule has 3 aromatic rings. The first-order valence-electron chi connectivity index (χ1n) is 12.5. The van der Waals surface area contributed by atoms with Crippen molar-refractivity contribution in [2.24, 2.45) is 4.99 Å². The lowest BCUT2D eigenvalue weighted by Crippen LogP contribution is -2.40. The summed E-state index contributed by atoms with van der Waals surface area (Å²) < 4.78 is 24.7. The van der Waals surface area contributed by atoms with Crippen molar-refractivity contribution in [3.05, 3.63) is 89.5 Å². The average Bonchev–Trinajstić information content (AvgIpc) is 3.23. The Balaban J connectivity index is 1.96. The fourth-order valence-electron chi connectivity index (χ4n) is 4.34. The molecule has 1 aromatic heterocycles. The number of carbonyl (C=O) groups is 1. The van der Waals surface area contributed by atoms with E-state index in [0.29, 0.717) is 48.7 Å². The minimum absolute atomic E-state index is 0.104. The second-order valence-electron chi connectivity index (χ2n) is 8.59. The summed E-state index contributed by atoms with van der Waals surface area (Å²) in [6.07, 6.45) is 3.20. The Hall–Kier alpha value is -3.83. The fraction of sp³-hybridized carbons (Fsp3) is 0.276. The summed E-state index contributed by atoms with van der Waals surface area (Å²) in [5, 5.41) is 10.7. The molecule has 1 aliphatic heterocycles. The fourth-order valence-corrected chi connectivity index (χ4v) is 5.83. The van der Waals surface area contributed by atoms with E-state index >= 15 is 0 Å². The summed E-state index contributed by atoms with van der Waals surface area (Å²) in [6, 6.07) is 7.75. The Labute approximate surface area is 243 Å². The van der Waals surface area contributed by atoms with Crippen molar-refractivity contribution in [3.8, 4) is 23.0 Å². The predicted molar refractivity (Wildman–Crippen MR) is 156 cm³/mol. The zero-order valence-electron chi connectivity index (χ0n) is 22.5. The molecule has 9 nitrogen and oxygen atoms in total. The van der Waals surface area contributed by atoms with Gasteiger partial charge >= 0.3 is 5.97 Å². The van der Waals surface area contributed by atoms with E-state index in [-0.39, 0.29) is 35.8 Å². The van der Waals surface area contributed by atoms with Crippen LogP contribution in [0.4, 0.5) is 0 Å². The number of rotatable bonds is 10. The number of nitrogens with zero attached hydrogens (tertiary/aromatic N) is 2. The monoisotopic (exact) mass is 628 g/mol. The molecule has 4 rings (SSSR count). The zero-order valence-corrected chi connectivity index (χ0v) is 24.9. The number of carbonyl (C=O) groups excluding carboxylic acids is 1. The quantitative estimate of drug-likeness (QED) is 0.264. The first-order chi connectivity index (χ1) is 19.2. The van der Waals surface area contributed by atoms with Crippen LogP contribution in [0.15, 0.2) is 68.5 Å². The summed E-state index contributed by atoms with van der Waals surface area (Å²) in [5.41, 5.74) is 1.30. The molecule has 210 valence electrons. The maximum atomic E-state index is 13.9. The van der Waals surface area contributed by atoms with E-state index < -0.39 is 12.0 Å². The molecule has 2 heterocycles. The van der Waals surface area contributed by atoms with E-state index in [4.69, 9.17) is 18.9 Å². The molecule has 0 saturated carbocycles. The third-order valence-corrected chi connectivity index (χ3v) is 7.47. The van der Waals surface area contributed by atoms with Crippen molar-refractivity contribution in [1.82, 2.24) is 4.57 Å². The number of halogens is 1. The molecule has 11 heteroatoms. The molecular formula is C29H29BrN2O7S. The van der Waals surface area contributed by atoms with E-state index in [2.05, 4.69) is 27.5 Å². The van der Waals surface area contributed by atoms with Crippen LogP contribution in [0.1, 0.15) is 37.9 Å². The van der Waals surface area contributed by atoms with Gasteiger partial charge in [0.05, 0.1) is 42.2 Å². The van der Waals surface area contributed by atoms with Crippen molar-refractivity contribution in [1.29, 1.82) is 0 Å². The maximum absolute atomic E-state index is 13.9. The Bertz CT molecular complexity index is 1670. The number of fused-ring (bicyclic) bond motifs is 1. The average molecular weight is 630 g/mol. The lowest BCUT2D eigenvalue weighted by atomic mass is 9.95. The summed E-state index contributed by atoms with van der Waals surface area (Å²) in [6.45, 7) is 9.81. The molecule has 2 aromatic carbocycles. The molecule has 0 fully saturated rings. The summed E-state index contributed by atoms with van der Waals surface area (Å²) in [5.74, 6) is 0.563. The number of phenolic OH excluding ortho intramolecular Hbond substituents is 1. The standard InChI is InChI=1S/C29H29BrN2O7S/c1-6-11-39-20-10-9-17(13-21(20)37-7-2)25-24(28(35)38-8-3)16(4)31-29-32(25)27(34)23(40-29)14-18-12-19(30)15-22(36-5)26(18)33/h6,9-10,12-15,25,33H,1,7-8,11H2,2-5H3/b23-14+/t25-/m1/s1. The van der Waals surface area contributed by atoms with Crippen LogP contribution in [-0.2, 0) is 9.53 Å².